The molecule has 4 N–H and O–H groups in total. The summed E-state index contributed by atoms with van der Waals surface area (Å²) in [5, 5.41) is 3.81. The summed E-state index contributed by atoms with van der Waals surface area (Å²) < 4.78 is 13.0. The molecule has 0 aliphatic heterocycles. The molecule has 1 heterocycles. The molecule has 0 radical (unpaired) electrons. The molecule has 1 atom stereocenters. The van der Waals surface area contributed by atoms with E-state index in [0.717, 1.165) is 16.5 Å². The number of amides is 1. The van der Waals surface area contributed by atoms with Gasteiger partial charge in [0.1, 0.15) is 5.82 Å². The van der Waals surface area contributed by atoms with Crippen molar-refractivity contribution in [1.29, 1.82) is 0 Å². The van der Waals surface area contributed by atoms with Crippen molar-refractivity contribution in [2.24, 2.45) is 5.73 Å². The zero-order valence-corrected chi connectivity index (χ0v) is 10.9. The zero-order chi connectivity index (χ0) is 13.8. The first-order valence-corrected chi connectivity index (χ1v) is 6.34. The van der Waals surface area contributed by atoms with Gasteiger partial charge in [0.25, 0.3) is 0 Å². The van der Waals surface area contributed by atoms with Crippen LogP contribution in [-0.2, 0) is 11.2 Å². The molecule has 0 spiro atoms. The van der Waals surface area contributed by atoms with Crippen LogP contribution in [0.25, 0.3) is 10.9 Å². The fraction of sp³-hybridized carbons (Fsp3) is 0.357. The van der Waals surface area contributed by atoms with Crippen LogP contribution in [0, 0.1) is 5.82 Å². The second kappa shape index (κ2) is 5.84. The van der Waals surface area contributed by atoms with E-state index in [0.29, 0.717) is 19.4 Å². The number of fused-ring (bicyclic) bond motifs is 1. The molecule has 0 saturated heterocycles. The average molecular weight is 263 g/mol. The number of nitrogens with one attached hydrogen (secondary N) is 2. The molecule has 19 heavy (non-hydrogen) atoms. The van der Waals surface area contributed by atoms with Gasteiger partial charge in [-0.3, -0.25) is 4.79 Å². The van der Waals surface area contributed by atoms with Gasteiger partial charge < -0.3 is 16.0 Å². The maximum Gasteiger partial charge on any atom is 0.221 e. The number of hydrogen-bond donors (Lipinski definition) is 3. The maximum absolute atomic E-state index is 13.0. The van der Waals surface area contributed by atoms with E-state index in [9.17, 15) is 9.18 Å². The van der Waals surface area contributed by atoms with Gasteiger partial charge in [0.05, 0.1) is 0 Å². The number of carbonyl (C=O) groups is 1. The van der Waals surface area contributed by atoms with Crippen LogP contribution in [0.5, 0.6) is 0 Å². The van der Waals surface area contributed by atoms with Gasteiger partial charge in [0, 0.05) is 36.1 Å². The molecule has 1 unspecified atom stereocenters. The lowest BCUT2D eigenvalue weighted by molar-refractivity contribution is -0.121. The van der Waals surface area contributed by atoms with E-state index in [2.05, 4.69) is 10.3 Å². The Labute approximate surface area is 111 Å². The average Bonchev–Trinajstić information content (AvgIpc) is 2.70. The van der Waals surface area contributed by atoms with Gasteiger partial charge in [0.15, 0.2) is 0 Å². The van der Waals surface area contributed by atoms with E-state index in [4.69, 9.17) is 5.73 Å². The highest BCUT2D eigenvalue weighted by molar-refractivity contribution is 5.83. The van der Waals surface area contributed by atoms with Gasteiger partial charge in [-0.15, -0.1) is 0 Å². The van der Waals surface area contributed by atoms with Crippen LogP contribution in [0.4, 0.5) is 4.39 Å². The predicted molar refractivity (Wildman–Crippen MR) is 73.2 cm³/mol. The minimum atomic E-state index is -0.258. The first kappa shape index (κ1) is 13.5. The summed E-state index contributed by atoms with van der Waals surface area (Å²) >= 11 is 0. The van der Waals surface area contributed by atoms with Crippen molar-refractivity contribution in [2.75, 3.05) is 6.54 Å². The van der Waals surface area contributed by atoms with E-state index < -0.39 is 0 Å². The third-order valence-corrected chi connectivity index (χ3v) is 2.95. The van der Waals surface area contributed by atoms with Gasteiger partial charge in [-0.1, -0.05) is 0 Å². The van der Waals surface area contributed by atoms with Crippen LogP contribution >= 0.6 is 0 Å². The van der Waals surface area contributed by atoms with Crippen LogP contribution < -0.4 is 11.1 Å². The lowest BCUT2D eigenvalue weighted by Crippen LogP contribution is -2.31. The summed E-state index contributed by atoms with van der Waals surface area (Å²) in [4.78, 5) is 14.5. The van der Waals surface area contributed by atoms with Crippen molar-refractivity contribution in [1.82, 2.24) is 10.3 Å². The van der Waals surface area contributed by atoms with E-state index in [1.54, 1.807) is 13.0 Å². The van der Waals surface area contributed by atoms with E-state index in [-0.39, 0.29) is 17.8 Å². The van der Waals surface area contributed by atoms with Crippen LogP contribution in [0.15, 0.2) is 24.4 Å². The van der Waals surface area contributed by atoms with Crippen LogP contribution in [0.1, 0.15) is 18.9 Å². The van der Waals surface area contributed by atoms with Crippen molar-refractivity contribution >= 4 is 16.8 Å². The van der Waals surface area contributed by atoms with E-state index in [1.165, 1.54) is 12.1 Å². The normalized spacial score (nSPS) is 12.6. The lowest BCUT2D eigenvalue weighted by Gasteiger charge is -2.06. The van der Waals surface area contributed by atoms with Gasteiger partial charge >= 0.3 is 0 Å². The Morgan fingerprint density at radius 2 is 2.32 bits per heavy atom. The molecular formula is C14H18FN3O. The second-order valence-electron chi connectivity index (χ2n) is 4.79. The molecule has 0 aliphatic carbocycles. The minimum Gasteiger partial charge on any atom is -0.361 e. The monoisotopic (exact) mass is 263 g/mol. The number of hydrogen-bond acceptors (Lipinski definition) is 2. The molecule has 1 aromatic heterocycles. The first-order valence-electron chi connectivity index (χ1n) is 6.34. The molecule has 1 aromatic carbocycles. The Balaban J connectivity index is 1.93. The number of carbonyl (C=O) groups excluding carboxylic acids is 1. The summed E-state index contributed by atoms with van der Waals surface area (Å²) in [6.45, 7) is 2.35. The number of halogens is 1. The lowest BCUT2D eigenvalue weighted by atomic mass is 10.1. The molecule has 5 heteroatoms. The molecule has 0 fully saturated rings. The highest BCUT2D eigenvalue weighted by Crippen LogP contribution is 2.19. The van der Waals surface area contributed by atoms with Crippen molar-refractivity contribution in [3.05, 3.63) is 35.8 Å². The van der Waals surface area contributed by atoms with Gasteiger partial charge in [-0.05, 0) is 37.1 Å². The summed E-state index contributed by atoms with van der Waals surface area (Å²) in [6.07, 6.45) is 2.89. The molecule has 1 amide bonds. The fourth-order valence-electron chi connectivity index (χ4n) is 2.07. The van der Waals surface area contributed by atoms with Gasteiger partial charge in [0.2, 0.25) is 5.91 Å². The fourth-order valence-corrected chi connectivity index (χ4v) is 2.07. The number of aromatic nitrogens is 1. The molecule has 0 aliphatic rings. The van der Waals surface area contributed by atoms with E-state index in [1.807, 2.05) is 6.20 Å². The Morgan fingerprint density at radius 1 is 1.53 bits per heavy atom. The zero-order valence-electron chi connectivity index (χ0n) is 10.9. The largest absolute Gasteiger partial charge is 0.361 e. The summed E-state index contributed by atoms with van der Waals surface area (Å²) in [6, 6.07) is 4.53. The van der Waals surface area contributed by atoms with Crippen molar-refractivity contribution < 1.29 is 9.18 Å². The number of rotatable bonds is 5. The number of nitrogens with two attached hydrogens (primary N) is 1. The summed E-state index contributed by atoms with van der Waals surface area (Å²) in [5.74, 6) is -0.299. The minimum absolute atomic E-state index is 0.0408. The molecular weight excluding hydrogens is 245 g/mol. The van der Waals surface area contributed by atoms with Crippen molar-refractivity contribution in [3.8, 4) is 0 Å². The third-order valence-electron chi connectivity index (χ3n) is 2.95. The Hall–Kier alpha value is -1.88. The first-order chi connectivity index (χ1) is 9.06. The Bertz CT molecular complexity index is 577. The molecule has 4 nitrogen and oxygen atoms in total. The highest BCUT2D eigenvalue weighted by Gasteiger charge is 2.07. The van der Waals surface area contributed by atoms with Gasteiger partial charge in [-0.25, -0.2) is 4.39 Å². The SMILES string of the molecule is CC(N)CC(=O)NCCc1c[nH]c2cc(F)ccc12. The molecule has 102 valence electrons. The number of aromatic amines is 1. The molecule has 0 bridgehead atoms. The number of benzene rings is 1. The van der Waals surface area contributed by atoms with Crippen LogP contribution in [-0.4, -0.2) is 23.5 Å². The Kier molecular flexibility index (Phi) is 4.16. The smallest absolute Gasteiger partial charge is 0.221 e. The quantitative estimate of drug-likeness (QED) is 0.768. The van der Waals surface area contributed by atoms with Crippen molar-refractivity contribution in [3.63, 3.8) is 0 Å². The second-order valence-corrected chi connectivity index (χ2v) is 4.79. The standard InChI is InChI=1S/C14H18FN3O/c1-9(16)6-14(19)17-5-4-10-8-18-13-7-11(15)2-3-12(10)13/h2-3,7-9,18H,4-6,16H2,1H3,(H,17,19). The Morgan fingerprint density at radius 3 is 3.05 bits per heavy atom. The number of H-pyrrole nitrogens is 1. The predicted octanol–water partition coefficient (Wildman–Crippen LogP) is 1.70. The van der Waals surface area contributed by atoms with Crippen LogP contribution in [0.3, 0.4) is 0 Å². The van der Waals surface area contributed by atoms with Gasteiger partial charge in [-0.2, -0.15) is 0 Å². The maximum atomic E-state index is 13.0. The van der Waals surface area contributed by atoms with Crippen molar-refractivity contribution in [2.45, 2.75) is 25.8 Å². The molecule has 0 saturated carbocycles. The molecule has 2 aromatic rings. The highest BCUT2D eigenvalue weighted by atomic mass is 19.1. The topological polar surface area (TPSA) is 70.9 Å². The third kappa shape index (κ3) is 3.54. The summed E-state index contributed by atoms with van der Waals surface area (Å²) in [5.41, 5.74) is 7.39. The van der Waals surface area contributed by atoms with E-state index >= 15 is 0 Å². The van der Waals surface area contributed by atoms with Crippen LogP contribution in [0.2, 0.25) is 0 Å². The summed E-state index contributed by atoms with van der Waals surface area (Å²) in [7, 11) is 0. The molecule has 2 rings (SSSR count).